The molecule has 3 aliphatic rings. The molecule has 18 heavy (non-hydrogen) atoms. The van der Waals surface area contributed by atoms with E-state index in [-0.39, 0.29) is 6.10 Å². The number of aliphatic hydroxyl groups excluding tert-OH is 1. The molecule has 0 radical (unpaired) electrons. The SMILES string of the molecule is CCCC1CCC(O)CC1N(CC1CC1)C1CC1. The topological polar surface area (TPSA) is 23.5 Å². The zero-order chi connectivity index (χ0) is 12.5. The molecule has 1 N–H and O–H groups in total. The third-order valence-corrected chi connectivity index (χ3v) is 5.20. The summed E-state index contributed by atoms with van der Waals surface area (Å²) < 4.78 is 0. The van der Waals surface area contributed by atoms with Crippen LogP contribution in [0.25, 0.3) is 0 Å². The summed E-state index contributed by atoms with van der Waals surface area (Å²) in [5, 5.41) is 10.0. The lowest BCUT2D eigenvalue weighted by Gasteiger charge is -2.42. The molecule has 0 aliphatic heterocycles. The number of aliphatic hydroxyl groups is 1. The average molecular weight is 251 g/mol. The van der Waals surface area contributed by atoms with Crippen molar-refractivity contribution in [1.82, 2.24) is 4.90 Å². The Balaban J connectivity index is 1.66. The van der Waals surface area contributed by atoms with Crippen molar-refractivity contribution in [2.45, 2.75) is 82.9 Å². The van der Waals surface area contributed by atoms with E-state index in [2.05, 4.69) is 11.8 Å². The Kier molecular flexibility index (Phi) is 3.95. The lowest BCUT2D eigenvalue weighted by molar-refractivity contribution is 0.0177. The van der Waals surface area contributed by atoms with Crippen LogP contribution in [0.1, 0.15) is 64.7 Å². The van der Waals surface area contributed by atoms with Crippen molar-refractivity contribution in [1.29, 1.82) is 0 Å². The molecule has 0 bridgehead atoms. The van der Waals surface area contributed by atoms with Gasteiger partial charge in [0.15, 0.2) is 0 Å². The molecule has 3 aliphatic carbocycles. The van der Waals surface area contributed by atoms with Crippen LogP contribution in [-0.2, 0) is 0 Å². The van der Waals surface area contributed by atoms with Crippen LogP contribution in [0.4, 0.5) is 0 Å². The van der Waals surface area contributed by atoms with Crippen molar-refractivity contribution >= 4 is 0 Å². The maximum absolute atomic E-state index is 10.0. The van der Waals surface area contributed by atoms with Gasteiger partial charge in [-0.3, -0.25) is 4.90 Å². The number of rotatable bonds is 6. The van der Waals surface area contributed by atoms with Gasteiger partial charge in [-0.15, -0.1) is 0 Å². The molecule has 2 nitrogen and oxygen atoms in total. The van der Waals surface area contributed by atoms with Gasteiger partial charge in [0.05, 0.1) is 6.10 Å². The van der Waals surface area contributed by atoms with Crippen molar-refractivity contribution in [3.8, 4) is 0 Å². The molecular weight excluding hydrogens is 222 g/mol. The Bertz CT molecular complexity index is 272. The van der Waals surface area contributed by atoms with E-state index in [1.807, 2.05) is 0 Å². The summed E-state index contributed by atoms with van der Waals surface area (Å²) in [6.07, 6.45) is 11.7. The first-order chi connectivity index (χ1) is 8.78. The summed E-state index contributed by atoms with van der Waals surface area (Å²) in [6, 6.07) is 1.57. The minimum atomic E-state index is -0.0245. The minimum Gasteiger partial charge on any atom is -0.393 e. The van der Waals surface area contributed by atoms with E-state index in [1.165, 1.54) is 51.5 Å². The molecule has 0 aromatic heterocycles. The van der Waals surface area contributed by atoms with Gasteiger partial charge < -0.3 is 5.11 Å². The summed E-state index contributed by atoms with van der Waals surface area (Å²) in [5.41, 5.74) is 0. The van der Waals surface area contributed by atoms with E-state index in [4.69, 9.17) is 0 Å². The lowest BCUT2D eigenvalue weighted by Crippen LogP contribution is -2.47. The van der Waals surface area contributed by atoms with Crippen LogP contribution in [0, 0.1) is 11.8 Å². The monoisotopic (exact) mass is 251 g/mol. The van der Waals surface area contributed by atoms with Crippen LogP contribution < -0.4 is 0 Å². The van der Waals surface area contributed by atoms with Crippen LogP contribution in [0.3, 0.4) is 0 Å². The third-order valence-electron chi connectivity index (χ3n) is 5.20. The molecule has 104 valence electrons. The van der Waals surface area contributed by atoms with Gasteiger partial charge in [0.2, 0.25) is 0 Å². The van der Waals surface area contributed by atoms with Gasteiger partial charge in [0.1, 0.15) is 0 Å². The Hall–Kier alpha value is -0.0800. The van der Waals surface area contributed by atoms with E-state index in [9.17, 15) is 5.11 Å². The van der Waals surface area contributed by atoms with Crippen molar-refractivity contribution in [3.63, 3.8) is 0 Å². The summed E-state index contributed by atoms with van der Waals surface area (Å²) in [6.45, 7) is 3.65. The Morgan fingerprint density at radius 2 is 1.83 bits per heavy atom. The fraction of sp³-hybridized carbons (Fsp3) is 1.00. The normalized spacial score (nSPS) is 37.2. The van der Waals surface area contributed by atoms with Gasteiger partial charge in [0, 0.05) is 18.6 Å². The van der Waals surface area contributed by atoms with E-state index in [1.54, 1.807) is 0 Å². The van der Waals surface area contributed by atoms with Gasteiger partial charge in [-0.05, 0) is 63.2 Å². The second kappa shape index (κ2) is 5.50. The van der Waals surface area contributed by atoms with Crippen LogP contribution >= 0.6 is 0 Å². The first-order valence-electron chi connectivity index (χ1n) is 8.21. The van der Waals surface area contributed by atoms with Crippen LogP contribution in [0.2, 0.25) is 0 Å². The van der Waals surface area contributed by atoms with E-state index in [0.717, 1.165) is 30.7 Å². The highest BCUT2D eigenvalue weighted by Crippen LogP contribution is 2.41. The summed E-state index contributed by atoms with van der Waals surface area (Å²) in [4.78, 5) is 2.82. The summed E-state index contributed by atoms with van der Waals surface area (Å²) in [5.74, 6) is 1.85. The van der Waals surface area contributed by atoms with Crippen molar-refractivity contribution in [3.05, 3.63) is 0 Å². The van der Waals surface area contributed by atoms with Crippen molar-refractivity contribution in [2.75, 3.05) is 6.54 Å². The molecule has 3 saturated carbocycles. The number of hydrogen-bond donors (Lipinski definition) is 1. The molecule has 0 spiro atoms. The third kappa shape index (κ3) is 3.08. The zero-order valence-electron chi connectivity index (χ0n) is 11.9. The first-order valence-corrected chi connectivity index (χ1v) is 8.21. The molecule has 0 amide bonds. The van der Waals surface area contributed by atoms with E-state index < -0.39 is 0 Å². The predicted molar refractivity (Wildman–Crippen MR) is 74.5 cm³/mol. The predicted octanol–water partition coefficient (Wildman–Crippen LogP) is 3.19. The second-order valence-electron chi connectivity index (χ2n) is 6.95. The molecule has 2 heteroatoms. The molecule has 3 fully saturated rings. The number of hydrogen-bond acceptors (Lipinski definition) is 2. The Labute approximate surface area is 112 Å². The molecular formula is C16H29NO. The maximum atomic E-state index is 10.0. The number of nitrogens with zero attached hydrogens (tertiary/aromatic N) is 1. The van der Waals surface area contributed by atoms with Crippen molar-refractivity contribution in [2.24, 2.45) is 11.8 Å². The summed E-state index contributed by atoms with van der Waals surface area (Å²) >= 11 is 0. The highest BCUT2D eigenvalue weighted by atomic mass is 16.3. The fourth-order valence-corrected chi connectivity index (χ4v) is 3.86. The van der Waals surface area contributed by atoms with E-state index >= 15 is 0 Å². The molecule has 0 heterocycles. The average Bonchev–Trinajstić information content (AvgIpc) is 3.22. The fourth-order valence-electron chi connectivity index (χ4n) is 3.86. The molecule has 0 aromatic carbocycles. The highest BCUT2D eigenvalue weighted by molar-refractivity contribution is 4.96. The van der Waals surface area contributed by atoms with Gasteiger partial charge >= 0.3 is 0 Å². The van der Waals surface area contributed by atoms with Crippen LogP contribution in [0.15, 0.2) is 0 Å². The zero-order valence-corrected chi connectivity index (χ0v) is 11.9. The van der Waals surface area contributed by atoms with Gasteiger partial charge in [-0.25, -0.2) is 0 Å². The molecule has 0 saturated heterocycles. The molecule has 3 rings (SSSR count). The molecule has 3 atom stereocenters. The second-order valence-corrected chi connectivity index (χ2v) is 6.95. The minimum absolute atomic E-state index is 0.0245. The van der Waals surface area contributed by atoms with Gasteiger partial charge in [0.25, 0.3) is 0 Å². The molecule has 0 aromatic rings. The van der Waals surface area contributed by atoms with Crippen molar-refractivity contribution < 1.29 is 5.11 Å². The Morgan fingerprint density at radius 3 is 2.44 bits per heavy atom. The standard InChI is InChI=1S/C16H29NO/c1-2-3-13-6-9-15(18)10-16(13)17(14-7-8-14)11-12-4-5-12/h12-16,18H,2-11H2,1H3. The maximum Gasteiger partial charge on any atom is 0.0555 e. The van der Waals surface area contributed by atoms with Crippen LogP contribution in [-0.4, -0.2) is 34.7 Å². The van der Waals surface area contributed by atoms with Gasteiger partial charge in [-0.2, -0.15) is 0 Å². The van der Waals surface area contributed by atoms with E-state index in [0.29, 0.717) is 6.04 Å². The first kappa shape index (κ1) is 12.9. The highest BCUT2D eigenvalue weighted by Gasteiger charge is 2.42. The Morgan fingerprint density at radius 1 is 1.06 bits per heavy atom. The largest absolute Gasteiger partial charge is 0.393 e. The smallest absolute Gasteiger partial charge is 0.0555 e. The summed E-state index contributed by atoms with van der Waals surface area (Å²) in [7, 11) is 0. The molecule has 3 unspecified atom stereocenters. The quantitative estimate of drug-likeness (QED) is 0.783. The lowest BCUT2D eigenvalue weighted by atomic mass is 9.79. The van der Waals surface area contributed by atoms with Gasteiger partial charge in [-0.1, -0.05) is 13.3 Å². The van der Waals surface area contributed by atoms with Crippen LogP contribution in [0.5, 0.6) is 0 Å².